The molecule has 1 aromatic heterocycles. The molecule has 9 heteroatoms. The third-order valence-corrected chi connectivity index (χ3v) is 6.39. The number of Topliss-reactive ketones (excluding diaryl/α,β-unsaturated/α-hetero) is 1. The standard InChI is InChI=1S/C22H21N7O2/c1-21(2)8-15-17(16(30)9-21)22(12-6-4-5-7-14(12)28(3)19(22)31)13(10-23)18(24)29(15)20-25-11-26-27-20/h4-7,11H,8-9,24H2,1-3H3,(H,25,26,27). The van der Waals surface area contributed by atoms with E-state index in [2.05, 4.69) is 21.3 Å². The summed E-state index contributed by atoms with van der Waals surface area (Å²) < 4.78 is 0. The van der Waals surface area contributed by atoms with E-state index in [9.17, 15) is 14.9 Å². The average molecular weight is 415 g/mol. The Morgan fingerprint density at radius 3 is 2.65 bits per heavy atom. The van der Waals surface area contributed by atoms with Crippen molar-refractivity contribution >= 4 is 23.3 Å². The number of nitriles is 1. The summed E-state index contributed by atoms with van der Waals surface area (Å²) in [6.45, 7) is 3.99. The molecule has 0 saturated heterocycles. The molecule has 1 aliphatic carbocycles. The van der Waals surface area contributed by atoms with Gasteiger partial charge in [0, 0.05) is 36.0 Å². The molecule has 0 radical (unpaired) electrons. The van der Waals surface area contributed by atoms with Crippen molar-refractivity contribution in [1.82, 2.24) is 15.2 Å². The number of nitrogens with zero attached hydrogens (tertiary/aromatic N) is 5. The minimum absolute atomic E-state index is 0.0255. The number of likely N-dealkylation sites (N-methyl/N-ethyl adjacent to an activating group) is 1. The number of amides is 1. The number of hydrogen-bond acceptors (Lipinski definition) is 7. The quantitative estimate of drug-likeness (QED) is 0.727. The molecule has 0 bridgehead atoms. The summed E-state index contributed by atoms with van der Waals surface area (Å²) in [7, 11) is 1.65. The number of ketones is 1. The van der Waals surface area contributed by atoms with Crippen LogP contribution in [0.4, 0.5) is 11.6 Å². The number of benzene rings is 1. The number of nitrogens with one attached hydrogen (secondary N) is 1. The van der Waals surface area contributed by atoms with Gasteiger partial charge in [0.05, 0.1) is 5.57 Å². The zero-order chi connectivity index (χ0) is 22.1. The van der Waals surface area contributed by atoms with E-state index in [4.69, 9.17) is 5.73 Å². The topological polar surface area (TPSA) is 132 Å². The number of rotatable bonds is 1. The van der Waals surface area contributed by atoms with Crippen LogP contribution in [0.3, 0.4) is 0 Å². The monoisotopic (exact) mass is 415 g/mol. The van der Waals surface area contributed by atoms with Gasteiger partial charge in [0.15, 0.2) is 5.78 Å². The number of carbonyl (C=O) groups excluding carboxylic acids is 2. The summed E-state index contributed by atoms with van der Waals surface area (Å²) in [5.41, 5.74) is 6.80. The molecular formula is C22H21N7O2. The summed E-state index contributed by atoms with van der Waals surface area (Å²) in [5.74, 6) is -0.160. The number of carbonyl (C=O) groups is 2. The number of H-pyrrole nitrogens is 1. The van der Waals surface area contributed by atoms with Gasteiger partial charge in [0.2, 0.25) is 11.9 Å². The molecule has 1 atom stereocenters. The predicted octanol–water partition coefficient (Wildman–Crippen LogP) is 1.88. The number of allylic oxidation sites excluding steroid dienone is 1. The van der Waals surface area contributed by atoms with Crippen LogP contribution in [0.2, 0.25) is 0 Å². The largest absolute Gasteiger partial charge is 0.384 e. The summed E-state index contributed by atoms with van der Waals surface area (Å²) >= 11 is 0. The number of aromatic nitrogens is 3. The van der Waals surface area contributed by atoms with Crippen LogP contribution in [-0.2, 0) is 15.0 Å². The molecule has 3 N–H and O–H groups in total. The third kappa shape index (κ3) is 2.24. The lowest BCUT2D eigenvalue weighted by Crippen LogP contribution is -2.53. The Morgan fingerprint density at radius 2 is 1.97 bits per heavy atom. The van der Waals surface area contributed by atoms with Crippen molar-refractivity contribution in [2.45, 2.75) is 32.1 Å². The first-order valence-electron chi connectivity index (χ1n) is 9.94. The average Bonchev–Trinajstić information content (AvgIpc) is 3.31. The van der Waals surface area contributed by atoms with E-state index in [0.717, 1.165) is 0 Å². The molecule has 1 amide bonds. The molecule has 156 valence electrons. The van der Waals surface area contributed by atoms with Gasteiger partial charge in [0.25, 0.3) is 0 Å². The smallest absolute Gasteiger partial charge is 0.247 e. The molecule has 1 aromatic carbocycles. The van der Waals surface area contributed by atoms with Crippen LogP contribution in [0, 0.1) is 16.7 Å². The molecule has 3 heterocycles. The molecule has 31 heavy (non-hydrogen) atoms. The normalized spacial score (nSPS) is 24.6. The maximum absolute atomic E-state index is 13.9. The van der Waals surface area contributed by atoms with Gasteiger partial charge in [-0.25, -0.2) is 5.10 Å². The van der Waals surface area contributed by atoms with Gasteiger partial charge in [-0.05, 0) is 17.9 Å². The van der Waals surface area contributed by atoms with E-state index in [1.54, 1.807) is 24.1 Å². The summed E-state index contributed by atoms with van der Waals surface area (Å²) in [5, 5.41) is 16.9. The van der Waals surface area contributed by atoms with Gasteiger partial charge < -0.3 is 10.6 Å². The highest BCUT2D eigenvalue weighted by molar-refractivity contribution is 6.20. The molecule has 0 fully saturated rings. The summed E-state index contributed by atoms with van der Waals surface area (Å²) in [4.78, 5) is 34.8. The maximum atomic E-state index is 13.9. The van der Waals surface area contributed by atoms with Crippen molar-refractivity contribution < 1.29 is 9.59 Å². The van der Waals surface area contributed by atoms with Crippen LogP contribution in [-0.4, -0.2) is 33.9 Å². The summed E-state index contributed by atoms with van der Waals surface area (Å²) in [6, 6.07) is 9.40. The summed E-state index contributed by atoms with van der Waals surface area (Å²) in [6.07, 6.45) is 2.07. The van der Waals surface area contributed by atoms with Crippen molar-refractivity contribution in [1.29, 1.82) is 5.26 Å². The minimum Gasteiger partial charge on any atom is -0.384 e. The molecule has 1 spiro atoms. The van der Waals surface area contributed by atoms with Crippen molar-refractivity contribution in [3.63, 3.8) is 0 Å². The van der Waals surface area contributed by atoms with Gasteiger partial charge in [-0.3, -0.25) is 14.5 Å². The van der Waals surface area contributed by atoms with Gasteiger partial charge in [0.1, 0.15) is 23.6 Å². The van der Waals surface area contributed by atoms with Crippen molar-refractivity contribution in [2.75, 3.05) is 16.8 Å². The molecule has 9 nitrogen and oxygen atoms in total. The second-order valence-electron chi connectivity index (χ2n) is 8.91. The zero-order valence-corrected chi connectivity index (χ0v) is 17.4. The number of aromatic amines is 1. The Bertz CT molecular complexity index is 1250. The van der Waals surface area contributed by atoms with Gasteiger partial charge in [-0.1, -0.05) is 32.0 Å². The molecule has 2 aromatic rings. The van der Waals surface area contributed by atoms with E-state index >= 15 is 0 Å². The fourth-order valence-corrected chi connectivity index (χ4v) is 5.21. The number of fused-ring (bicyclic) bond motifs is 3. The fraction of sp³-hybridized carbons (Fsp3) is 0.318. The van der Waals surface area contributed by atoms with Crippen LogP contribution >= 0.6 is 0 Å². The SMILES string of the molecule is CN1C(=O)C2(C(C#N)=C(N)N(c3ncn[nH]3)C3=C2C(=O)CC(C)(C)C3)c2ccccc21. The Balaban J connectivity index is 1.93. The first kappa shape index (κ1) is 19.1. The van der Waals surface area contributed by atoms with E-state index in [-0.39, 0.29) is 34.9 Å². The van der Waals surface area contributed by atoms with Crippen LogP contribution in [0.1, 0.15) is 32.3 Å². The zero-order valence-electron chi connectivity index (χ0n) is 17.4. The second kappa shape index (κ2) is 6.04. The highest BCUT2D eigenvalue weighted by Crippen LogP contribution is 2.57. The van der Waals surface area contributed by atoms with E-state index in [1.165, 1.54) is 11.2 Å². The molecule has 3 aliphatic rings. The van der Waals surface area contributed by atoms with Crippen molar-refractivity contribution in [3.05, 3.63) is 58.8 Å². The lowest BCUT2D eigenvalue weighted by molar-refractivity contribution is -0.124. The number of hydrogen-bond donors (Lipinski definition) is 2. The lowest BCUT2D eigenvalue weighted by atomic mass is 9.61. The first-order chi connectivity index (χ1) is 14.7. The van der Waals surface area contributed by atoms with Crippen LogP contribution in [0.5, 0.6) is 0 Å². The Labute approximate surface area is 178 Å². The number of nitrogens with two attached hydrogens (primary N) is 1. The molecule has 0 saturated carbocycles. The van der Waals surface area contributed by atoms with Crippen LogP contribution in [0.25, 0.3) is 0 Å². The Hall–Kier alpha value is -3.93. The Morgan fingerprint density at radius 1 is 1.23 bits per heavy atom. The van der Waals surface area contributed by atoms with Gasteiger partial charge >= 0.3 is 0 Å². The number of anilines is 2. The minimum atomic E-state index is -1.57. The number of para-hydroxylation sites is 1. The fourth-order valence-electron chi connectivity index (χ4n) is 5.21. The van der Waals surface area contributed by atoms with Gasteiger partial charge in [-0.2, -0.15) is 15.3 Å². The van der Waals surface area contributed by atoms with Crippen LogP contribution < -0.4 is 15.5 Å². The van der Waals surface area contributed by atoms with E-state index in [1.807, 2.05) is 26.0 Å². The molecule has 5 rings (SSSR count). The van der Waals surface area contributed by atoms with E-state index < -0.39 is 5.41 Å². The predicted molar refractivity (Wildman–Crippen MR) is 112 cm³/mol. The highest BCUT2D eigenvalue weighted by Gasteiger charge is 2.62. The molecular weight excluding hydrogens is 394 g/mol. The van der Waals surface area contributed by atoms with Crippen molar-refractivity contribution in [3.8, 4) is 6.07 Å². The molecule has 1 unspecified atom stereocenters. The highest BCUT2D eigenvalue weighted by atomic mass is 16.2. The van der Waals surface area contributed by atoms with E-state index in [0.29, 0.717) is 34.9 Å². The molecule has 2 aliphatic heterocycles. The Kier molecular flexibility index (Phi) is 3.72. The second-order valence-corrected chi connectivity index (χ2v) is 8.91. The lowest BCUT2D eigenvalue weighted by Gasteiger charge is -2.45. The van der Waals surface area contributed by atoms with Crippen molar-refractivity contribution in [2.24, 2.45) is 11.1 Å². The van der Waals surface area contributed by atoms with Gasteiger partial charge in [-0.15, -0.1) is 0 Å². The van der Waals surface area contributed by atoms with Crippen LogP contribution in [0.15, 0.2) is 53.3 Å². The third-order valence-electron chi connectivity index (χ3n) is 6.39. The first-order valence-corrected chi connectivity index (χ1v) is 9.94. The maximum Gasteiger partial charge on any atom is 0.247 e.